The number of methoxy groups -OCH3 is 1. The average molecular weight is 308 g/mol. The minimum Gasteiger partial charge on any atom is -0.496 e. The van der Waals surface area contributed by atoms with Gasteiger partial charge in [0.2, 0.25) is 5.89 Å². The molecule has 0 N–H and O–H groups in total. The first-order valence-corrected chi connectivity index (χ1v) is 7.56. The highest BCUT2D eigenvalue weighted by Gasteiger charge is 2.43. The second-order valence-electron chi connectivity index (χ2n) is 5.91. The van der Waals surface area contributed by atoms with Crippen LogP contribution in [0.5, 0.6) is 5.75 Å². The standard InChI is InChI=1S/C18H16N2O3/c1-10-7-11(3-4-16(10)22-2)13-8-14(13)17-20-15-9-19-6-5-12(15)18(21)23-17/h3-7,9,13-14H,8H2,1-2H3. The Balaban J connectivity index is 1.66. The van der Waals surface area contributed by atoms with Crippen LogP contribution in [0.3, 0.4) is 0 Å². The Labute approximate surface area is 133 Å². The fourth-order valence-electron chi connectivity index (χ4n) is 3.07. The van der Waals surface area contributed by atoms with Crippen molar-refractivity contribution in [1.82, 2.24) is 9.97 Å². The summed E-state index contributed by atoms with van der Waals surface area (Å²) in [5, 5.41) is 0.473. The molecule has 1 saturated carbocycles. The van der Waals surface area contributed by atoms with Gasteiger partial charge in [0.1, 0.15) is 5.75 Å². The Hall–Kier alpha value is -2.69. The van der Waals surface area contributed by atoms with E-state index in [-0.39, 0.29) is 11.5 Å². The summed E-state index contributed by atoms with van der Waals surface area (Å²) in [7, 11) is 1.67. The molecule has 2 unspecified atom stereocenters. The molecule has 2 aromatic heterocycles. The molecule has 2 heterocycles. The summed E-state index contributed by atoms with van der Waals surface area (Å²) in [6, 6.07) is 7.81. The highest BCUT2D eigenvalue weighted by atomic mass is 16.5. The molecule has 116 valence electrons. The number of hydrogen-bond acceptors (Lipinski definition) is 5. The molecular formula is C18H16N2O3. The zero-order valence-corrected chi connectivity index (χ0v) is 12.9. The van der Waals surface area contributed by atoms with E-state index in [0.717, 1.165) is 17.7 Å². The van der Waals surface area contributed by atoms with Crippen molar-refractivity contribution in [2.75, 3.05) is 7.11 Å². The van der Waals surface area contributed by atoms with Crippen molar-refractivity contribution in [2.45, 2.75) is 25.2 Å². The molecule has 0 spiro atoms. The molecule has 1 aliphatic carbocycles. The molecule has 1 aromatic carbocycles. The fraction of sp³-hybridized carbons (Fsp3) is 0.278. The number of hydrogen-bond donors (Lipinski definition) is 0. The summed E-state index contributed by atoms with van der Waals surface area (Å²) in [6.07, 6.45) is 4.11. The van der Waals surface area contributed by atoms with E-state index < -0.39 is 0 Å². The van der Waals surface area contributed by atoms with E-state index in [1.165, 1.54) is 5.56 Å². The summed E-state index contributed by atoms with van der Waals surface area (Å²) < 4.78 is 10.7. The van der Waals surface area contributed by atoms with Crippen LogP contribution >= 0.6 is 0 Å². The topological polar surface area (TPSA) is 65.2 Å². The van der Waals surface area contributed by atoms with Gasteiger partial charge in [-0.3, -0.25) is 4.98 Å². The Morgan fingerprint density at radius 2 is 2.13 bits per heavy atom. The Kier molecular flexibility index (Phi) is 3.15. The van der Waals surface area contributed by atoms with Gasteiger partial charge in [0.15, 0.2) is 0 Å². The number of ether oxygens (including phenoxy) is 1. The van der Waals surface area contributed by atoms with E-state index in [0.29, 0.717) is 22.7 Å². The largest absolute Gasteiger partial charge is 0.496 e. The molecule has 23 heavy (non-hydrogen) atoms. The minimum absolute atomic E-state index is 0.153. The van der Waals surface area contributed by atoms with Crippen LogP contribution in [0.25, 0.3) is 10.9 Å². The van der Waals surface area contributed by atoms with E-state index in [9.17, 15) is 4.79 Å². The normalized spacial score (nSPS) is 19.7. The number of aryl methyl sites for hydroxylation is 1. The van der Waals surface area contributed by atoms with Crippen molar-refractivity contribution >= 4 is 10.9 Å². The number of fused-ring (bicyclic) bond motifs is 1. The first-order valence-electron chi connectivity index (χ1n) is 7.56. The van der Waals surface area contributed by atoms with Crippen molar-refractivity contribution < 1.29 is 9.15 Å². The molecule has 1 fully saturated rings. The summed E-state index contributed by atoms with van der Waals surface area (Å²) in [5.41, 5.74) is 2.58. The van der Waals surface area contributed by atoms with Crippen LogP contribution in [-0.4, -0.2) is 17.1 Å². The predicted molar refractivity (Wildman–Crippen MR) is 85.9 cm³/mol. The van der Waals surface area contributed by atoms with Crippen LogP contribution in [0, 0.1) is 6.92 Å². The Bertz CT molecular complexity index is 948. The molecule has 0 aliphatic heterocycles. The number of aromatic nitrogens is 2. The summed E-state index contributed by atoms with van der Waals surface area (Å²) in [6.45, 7) is 2.03. The van der Waals surface area contributed by atoms with Gasteiger partial charge >= 0.3 is 5.63 Å². The average Bonchev–Trinajstić information content (AvgIpc) is 3.35. The van der Waals surface area contributed by atoms with Crippen LogP contribution in [0.4, 0.5) is 0 Å². The van der Waals surface area contributed by atoms with Gasteiger partial charge in [-0.2, -0.15) is 0 Å². The van der Waals surface area contributed by atoms with Crippen molar-refractivity contribution in [3.63, 3.8) is 0 Å². The molecule has 0 bridgehead atoms. The highest BCUT2D eigenvalue weighted by molar-refractivity contribution is 5.75. The lowest BCUT2D eigenvalue weighted by atomic mass is 10.1. The predicted octanol–water partition coefficient (Wildman–Crippen LogP) is 3.17. The first-order chi connectivity index (χ1) is 11.2. The Morgan fingerprint density at radius 1 is 1.26 bits per heavy atom. The third kappa shape index (κ3) is 2.38. The number of pyridine rings is 1. The van der Waals surface area contributed by atoms with Gasteiger partial charge in [0.25, 0.3) is 0 Å². The van der Waals surface area contributed by atoms with Crippen LogP contribution in [0.1, 0.15) is 35.3 Å². The van der Waals surface area contributed by atoms with Crippen molar-refractivity contribution in [3.05, 3.63) is 64.1 Å². The second kappa shape index (κ2) is 5.19. The lowest BCUT2D eigenvalue weighted by Gasteiger charge is -2.07. The third-order valence-corrected chi connectivity index (χ3v) is 4.40. The van der Waals surface area contributed by atoms with Crippen molar-refractivity contribution in [2.24, 2.45) is 0 Å². The zero-order chi connectivity index (χ0) is 16.0. The number of benzene rings is 1. The van der Waals surface area contributed by atoms with E-state index in [2.05, 4.69) is 22.1 Å². The van der Waals surface area contributed by atoms with Gasteiger partial charge < -0.3 is 9.15 Å². The van der Waals surface area contributed by atoms with Gasteiger partial charge in [-0.25, -0.2) is 9.78 Å². The molecule has 5 heteroatoms. The quantitative estimate of drug-likeness (QED) is 0.743. The van der Waals surface area contributed by atoms with Crippen LogP contribution in [-0.2, 0) is 0 Å². The van der Waals surface area contributed by atoms with Crippen LogP contribution < -0.4 is 10.4 Å². The van der Waals surface area contributed by atoms with Gasteiger partial charge in [0.05, 0.1) is 24.2 Å². The molecule has 0 saturated heterocycles. The molecule has 5 nitrogen and oxygen atoms in total. The lowest BCUT2D eigenvalue weighted by Crippen LogP contribution is -2.05. The summed E-state index contributed by atoms with van der Waals surface area (Å²) >= 11 is 0. The molecule has 0 amide bonds. The van der Waals surface area contributed by atoms with Crippen molar-refractivity contribution in [1.29, 1.82) is 0 Å². The maximum absolute atomic E-state index is 12.1. The third-order valence-electron chi connectivity index (χ3n) is 4.40. The zero-order valence-electron chi connectivity index (χ0n) is 12.9. The summed E-state index contributed by atoms with van der Waals surface area (Å²) in [4.78, 5) is 20.6. The monoisotopic (exact) mass is 308 g/mol. The first kappa shape index (κ1) is 13.9. The second-order valence-corrected chi connectivity index (χ2v) is 5.91. The molecule has 3 aromatic rings. The molecule has 4 rings (SSSR count). The van der Waals surface area contributed by atoms with E-state index >= 15 is 0 Å². The van der Waals surface area contributed by atoms with Gasteiger partial charge in [-0.05, 0) is 42.5 Å². The van der Waals surface area contributed by atoms with Crippen molar-refractivity contribution in [3.8, 4) is 5.75 Å². The molecule has 0 radical (unpaired) electrons. The van der Waals surface area contributed by atoms with Crippen LogP contribution in [0.2, 0.25) is 0 Å². The van der Waals surface area contributed by atoms with E-state index in [4.69, 9.17) is 9.15 Å². The van der Waals surface area contributed by atoms with Gasteiger partial charge in [-0.1, -0.05) is 12.1 Å². The molecule has 2 atom stereocenters. The fourth-order valence-corrected chi connectivity index (χ4v) is 3.07. The van der Waals surface area contributed by atoms with Gasteiger partial charge in [-0.15, -0.1) is 0 Å². The van der Waals surface area contributed by atoms with E-state index in [1.54, 1.807) is 25.6 Å². The van der Waals surface area contributed by atoms with Crippen LogP contribution in [0.15, 0.2) is 45.9 Å². The lowest BCUT2D eigenvalue weighted by molar-refractivity contribution is 0.411. The number of nitrogens with zero attached hydrogens (tertiary/aromatic N) is 2. The SMILES string of the molecule is COc1ccc(C2CC2c2nc3cnccc3c(=O)o2)cc1C. The van der Waals surface area contributed by atoms with Gasteiger partial charge in [0, 0.05) is 12.1 Å². The number of rotatable bonds is 3. The minimum atomic E-state index is -0.344. The maximum Gasteiger partial charge on any atom is 0.346 e. The maximum atomic E-state index is 12.1. The Morgan fingerprint density at radius 3 is 2.91 bits per heavy atom. The molecular weight excluding hydrogens is 292 g/mol. The van der Waals surface area contributed by atoms with E-state index in [1.807, 2.05) is 13.0 Å². The smallest absolute Gasteiger partial charge is 0.346 e. The molecule has 1 aliphatic rings. The highest BCUT2D eigenvalue weighted by Crippen LogP contribution is 2.54. The summed E-state index contributed by atoms with van der Waals surface area (Å²) in [5.74, 6) is 1.88.